The highest BCUT2D eigenvalue weighted by atomic mass is 32.2. The molecule has 98 valence electrons. The number of aliphatic hydroxyl groups is 1. The van der Waals surface area contributed by atoms with E-state index in [1.165, 1.54) is 13.8 Å². The van der Waals surface area contributed by atoms with Crippen molar-refractivity contribution in [3.05, 3.63) is 11.7 Å². The van der Waals surface area contributed by atoms with Crippen LogP contribution in [-0.4, -0.2) is 29.9 Å². The van der Waals surface area contributed by atoms with Gasteiger partial charge in [-0.05, 0) is 20.3 Å². The first-order chi connectivity index (χ1) is 7.70. The van der Waals surface area contributed by atoms with Crippen LogP contribution >= 0.6 is 0 Å². The van der Waals surface area contributed by atoms with Gasteiger partial charge in [-0.25, -0.2) is 8.42 Å². The van der Waals surface area contributed by atoms with Crippen LogP contribution in [0.2, 0.25) is 0 Å². The predicted molar refractivity (Wildman–Crippen MR) is 62.0 cm³/mol. The lowest BCUT2D eigenvalue weighted by molar-refractivity contribution is 0.152. The quantitative estimate of drug-likeness (QED) is 0.856. The van der Waals surface area contributed by atoms with Gasteiger partial charge in [0.2, 0.25) is 5.89 Å². The number of aliphatic hydroxyl groups excluding tert-OH is 1. The van der Waals surface area contributed by atoms with Crippen molar-refractivity contribution in [1.29, 1.82) is 0 Å². The van der Waals surface area contributed by atoms with Crippen molar-refractivity contribution in [2.24, 2.45) is 0 Å². The first-order valence-corrected chi connectivity index (χ1v) is 7.31. The van der Waals surface area contributed by atoms with Gasteiger partial charge in [0.15, 0.2) is 15.7 Å². The van der Waals surface area contributed by atoms with E-state index < -0.39 is 20.7 Å². The van der Waals surface area contributed by atoms with Gasteiger partial charge in [-0.15, -0.1) is 0 Å². The molecule has 0 amide bonds. The summed E-state index contributed by atoms with van der Waals surface area (Å²) >= 11 is 0. The molecule has 1 rings (SSSR count). The van der Waals surface area contributed by atoms with E-state index in [0.29, 0.717) is 6.42 Å². The van der Waals surface area contributed by atoms with E-state index in [4.69, 9.17) is 4.52 Å². The monoisotopic (exact) mass is 262 g/mol. The molecule has 0 bridgehead atoms. The van der Waals surface area contributed by atoms with Gasteiger partial charge in [0.1, 0.15) is 10.9 Å². The summed E-state index contributed by atoms with van der Waals surface area (Å²) in [4.78, 5) is 3.96. The van der Waals surface area contributed by atoms with Crippen LogP contribution in [0.4, 0.5) is 0 Å². The van der Waals surface area contributed by atoms with Gasteiger partial charge < -0.3 is 9.63 Å². The number of nitrogens with zero attached hydrogens (tertiary/aromatic N) is 2. The lowest BCUT2D eigenvalue weighted by atomic mass is 10.2. The third-order valence-corrected chi connectivity index (χ3v) is 4.77. The fourth-order valence-electron chi connectivity index (χ4n) is 1.18. The predicted octanol–water partition coefficient (Wildman–Crippen LogP) is 1.18. The summed E-state index contributed by atoms with van der Waals surface area (Å²) in [5.41, 5.74) is 0. The zero-order chi connectivity index (χ0) is 13.3. The second-order valence-electron chi connectivity index (χ2n) is 4.54. The van der Waals surface area contributed by atoms with E-state index in [2.05, 4.69) is 10.1 Å². The molecular formula is C10H18N2O4S. The number of sulfone groups is 1. The number of hydrogen-bond donors (Lipinski definition) is 1. The number of aromatic nitrogens is 2. The Hall–Kier alpha value is -0.950. The molecule has 0 saturated heterocycles. The molecule has 1 heterocycles. The fraction of sp³-hybridized carbons (Fsp3) is 0.800. The summed E-state index contributed by atoms with van der Waals surface area (Å²) in [6.07, 6.45) is 1.59. The Kier molecular flexibility index (Phi) is 3.93. The van der Waals surface area contributed by atoms with Crippen molar-refractivity contribution in [1.82, 2.24) is 10.1 Å². The maximum atomic E-state index is 11.6. The van der Waals surface area contributed by atoms with Crippen LogP contribution < -0.4 is 0 Å². The highest BCUT2D eigenvalue weighted by Crippen LogP contribution is 2.28. The molecule has 0 aliphatic carbocycles. The Balaban J connectivity index is 3.03. The second-order valence-corrected chi connectivity index (χ2v) is 7.11. The average Bonchev–Trinajstić information content (AvgIpc) is 2.65. The molecule has 1 aromatic rings. The van der Waals surface area contributed by atoms with Crippen LogP contribution in [0.15, 0.2) is 4.52 Å². The maximum absolute atomic E-state index is 11.6. The molecule has 0 fully saturated rings. The largest absolute Gasteiger partial charge is 0.385 e. The topological polar surface area (TPSA) is 93.3 Å². The fourth-order valence-corrected chi connectivity index (χ4v) is 1.58. The van der Waals surface area contributed by atoms with Crippen molar-refractivity contribution in [2.45, 2.75) is 44.5 Å². The molecule has 0 saturated carbocycles. The molecule has 1 unspecified atom stereocenters. The molecule has 0 aliphatic rings. The zero-order valence-corrected chi connectivity index (χ0v) is 11.3. The van der Waals surface area contributed by atoms with Crippen molar-refractivity contribution in [3.8, 4) is 0 Å². The molecule has 0 aliphatic heterocycles. The van der Waals surface area contributed by atoms with E-state index in [-0.39, 0.29) is 11.7 Å². The summed E-state index contributed by atoms with van der Waals surface area (Å²) in [6.45, 7) is 4.91. The van der Waals surface area contributed by atoms with Crippen LogP contribution in [-0.2, 0) is 14.6 Å². The maximum Gasteiger partial charge on any atom is 0.247 e. The Labute approximate surface area is 101 Å². The van der Waals surface area contributed by atoms with Crippen LogP contribution in [0, 0.1) is 0 Å². The smallest absolute Gasteiger partial charge is 0.247 e. The van der Waals surface area contributed by atoms with E-state index in [1.807, 2.05) is 6.92 Å². The summed E-state index contributed by atoms with van der Waals surface area (Å²) in [6, 6.07) is 0. The Morgan fingerprint density at radius 1 is 1.47 bits per heavy atom. The van der Waals surface area contributed by atoms with Gasteiger partial charge in [0.25, 0.3) is 0 Å². The lowest BCUT2D eigenvalue weighted by Gasteiger charge is -2.16. The minimum absolute atomic E-state index is 0.00477. The molecule has 1 atom stereocenters. The summed E-state index contributed by atoms with van der Waals surface area (Å²) in [7, 11) is -3.36. The van der Waals surface area contributed by atoms with Crippen molar-refractivity contribution in [2.75, 3.05) is 6.26 Å². The highest BCUT2D eigenvalue weighted by molar-refractivity contribution is 7.91. The minimum Gasteiger partial charge on any atom is -0.385 e. The van der Waals surface area contributed by atoms with E-state index in [1.54, 1.807) is 0 Å². The normalized spacial score (nSPS) is 14.9. The number of hydrogen-bond acceptors (Lipinski definition) is 6. The van der Waals surface area contributed by atoms with Crippen LogP contribution in [0.5, 0.6) is 0 Å². The summed E-state index contributed by atoms with van der Waals surface area (Å²) in [5, 5.41) is 13.3. The SMILES string of the molecule is CCCC(O)c1noc(C(C)(C)S(C)(=O)=O)n1. The molecule has 6 nitrogen and oxygen atoms in total. The molecule has 0 radical (unpaired) electrons. The van der Waals surface area contributed by atoms with E-state index in [9.17, 15) is 13.5 Å². The third-order valence-electron chi connectivity index (χ3n) is 2.74. The number of rotatable bonds is 5. The van der Waals surface area contributed by atoms with Gasteiger partial charge in [-0.3, -0.25) is 0 Å². The standard InChI is InChI=1S/C10H18N2O4S/c1-5-6-7(13)8-11-9(16-12-8)10(2,3)17(4,14)15/h7,13H,5-6H2,1-4H3. The first kappa shape index (κ1) is 14.1. The van der Waals surface area contributed by atoms with Gasteiger partial charge in [0, 0.05) is 6.26 Å². The van der Waals surface area contributed by atoms with Gasteiger partial charge in [0.05, 0.1) is 0 Å². The van der Waals surface area contributed by atoms with Crippen LogP contribution in [0.25, 0.3) is 0 Å². The Morgan fingerprint density at radius 2 is 2.06 bits per heavy atom. The summed E-state index contributed by atoms with van der Waals surface area (Å²) in [5.74, 6) is 0.142. The Bertz CT molecular complexity index is 478. The molecule has 17 heavy (non-hydrogen) atoms. The molecule has 1 N–H and O–H groups in total. The van der Waals surface area contributed by atoms with Crippen molar-refractivity contribution in [3.63, 3.8) is 0 Å². The van der Waals surface area contributed by atoms with Gasteiger partial charge >= 0.3 is 0 Å². The molecular weight excluding hydrogens is 244 g/mol. The molecule has 0 spiro atoms. The molecule has 1 aromatic heterocycles. The van der Waals surface area contributed by atoms with E-state index in [0.717, 1.165) is 12.7 Å². The zero-order valence-electron chi connectivity index (χ0n) is 10.5. The second kappa shape index (κ2) is 4.73. The minimum atomic E-state index is -3.36. The molecule has 7 heteroatoms. The Morgan fingerprint density at radius 3 is 2.53 bits per heavy atom. The lowest BCUT2D eigenvalue weighted by Crippen LogP contribution is -2.28. The van der Waals surface area contributed by atoms with Gasteiger partial charge in [-0.2, -0.15) is 4.98 Å². The highest BCUT2D eigenvalue weighted by Gasteiger charge is 2.38. The average molecular weight is 262 g/mol. The first-order valence-electron chi connectivity index (χ1n) is 5.42. The van der Waals surface area contributed by atoms with Crippen molar-refractivity contribution >= 4 is 9.84 Å². The third kappa shape index (κ3) is 2.84. The van der Waals surface area contributed by atoms with E-state index >= 15 is 0 Å². The van der Waals surface area contributed by atoms with Crippen LogP contribution in [0.1, 0.15) is 51.4 Å². The molecule has 0 aromatic carbocycles. The van der Waals surface area contributed by atoms with Gasteiger partial charge in [-0.1, -0.05) is 18.5 Å². The van der Waals surface area contributed by atoms with Crippen molar-refractivity contribution < 1.29 is 18.0 Å². The summed E-state index contributed by atoms with van der Waals surface area (Å²) < 4.78 is 26.8. The van der Waals surface area contributed by atoms with Crippen LogP contribution in [0.3, 0.4) is 0 Å².